The number of methoxy groups -OCH3 is 1. The van der Waals surface area contributed by atoms with E-state index in [-0.39, 0.29) is 5.91 Å². The van der Waals surface area contributed by atoms with Crippen molar-refractivity contribution in [2.45, 2.75) is 20.8 Å². The largest absolute Gasteiger partial charge is 0.497 e. The van der Waals surface area contributed by atoms with Crippen LogP contribution in [0.25, 0.3) is 0 Å². The Balaban J connectivity index is 2.30. The van der Waals surface area contributed by atoms with Gasteiger partial charge >= 0.3 is 0 Å². The van der Waals surface area contributed by atoms with Crippen molar-refractivity contribution < 1.29 is 9.53 Å². The van der Waals surface area contributed by atoms with Gasteiger partial charge in [0.25, 0.3) is 5.91 Å². The Hall–Kier alpha value is -2.49. The average molecular weight is 284 g/mol. The average Bonchev–Trinajstić information content (AvgIpc) is 2.42. The number of nitrogens with one attached hydrogen (secondary N) is 1. The summed E-state index contributed by atoms with van der Waals surface area (Å²) < 4.78 is 5.09. The number of anilines is 2. The van der Waals surface area contributed by atoms with E-state index in [0.29, 0.717) is 17.0 Å². The number of ether oxygens (including phenoxy) is 1. The zero-order valence-corrected chi connectivity index (χ0v) is 12.8. The van der Waals surface area contributed by atoms with Crippen molar-refractivity contribution in [1.29, 1.82) is 0 Å². The Morgan fingerprint density at radius 1 is 1.10 bits per heavy atom. The number of benzene rings is 2. The lowest BCUT2D eigenvalue weighted by Crippen LogP contribution is -2.15. The SMILES string of the molecule is COc1ccc(C(=O)Nc2c(C)cc(C)cc2C)c(N)c1. The van der Waals surface area contributed by atoms with Crippen molar-refractivity contribution in [2.75, 3.05) is 18.2 Å². The minimum Gasteiger partial charge on any atom is -0.497 e. The van der Waals surface area contributed by atoms with Gasteiger partial charge < -0.3 is 15.8 Å². The molecule has 0 fully saturated rings. The molecule has 2 aromatic rings. The van der Waals surface area contributed by atoms with Crippen LogP contribution in [-0.4, -0.2) is 13.0 Å². The van der Waals surface area contributed by atoms with E-state index in [1.807, 2.05) is 32.9 Å². The molecule has 0 aromatic heterocycles. The van der Waals surface area contributed by atoms with Crippen LogP contribution in [0.2, 0.25) is 0 Å². The van der Waals surface area contributed by atoms with Gasteiger partial charge in [-0.1, -0.05) is 17.7 Å². The molecule has 0 aliphatic carbocycles. The van der Waals surface area contributed by atoms with Crippen molar-refractivity contribution in [2.24, 2.45) is 0 Å². The van der Waals surface area contributed by atoms with E-state index in [1.54, 1.807) is 25.3 Å². The van der Waals surface area contributed by atoms with E-state index in [0.717, 1.165) is 16.8 Å². The van der Waals surface area contributed by atoms with Crippen LogP contribution in [0, 0.1) is 20.8 Å². The summed E-state index contributed by atoms with van der Waals surface area (Å²) in [4.78, 5) is 12.4. The summed E-state index contributed by atoms with van der Waals surface area (Å²) in [5, 5.41) is 2.94. The lowest BCUT2D eigenvalue weighted by molar-refractivity contribution is 0.102. The number of carbonyl (C=O) groups is 1. The summed E-state index contributed by atoms with van der Waals surface area (Å²) in [5.74, 6) is 0.414. The van der Waals surface area contributed by atoms with E-state index in [2.05, 4.69) is 5.32 Å². The summed E-state index contributed by atoms with van der Waals surface area (Å²) in [6.45, 7) is 5.99. The van der Waals surface area contributed by atoms with Crippen LogP contribution >= 0.6 is 0 Å². The fraction of sp³-hybridized carbons (Fsp3) is 0.235. The topological polar surface area (TPSA) is 64.3 Å². The molecule has 0 bridgehead atoms. The summed E-state index contributed by atoms with van der Waals surface area (Å²) in [6, 6.07) is 9.12. The second-order valence-corrected chi connectivity index (χ2v) is 5.18. The van der Waals surface area contributed by atoms with Crippen molar-refractivity contribution in [1.82, 2.24) is 0 Å². The zero-order valence-electron chi connectivity index (χ0n) is 12.8. The van der Waals surface area contributed by atoms with E-state index in [1.165, 1.54) is 5.56 Å². The molecule has 4 heteroatoms. The molecular weight excluding hydrogens is 264 g/mol. The predicted octanol–water partition coefficient (Wildman–Crippen LogP) is 3.45. The highest BCUT2D eigenvalue weighted by Crippen LogP contribution is 2.25. The maximum atomic E-state index is 12.4. The number of nitrogen functional groups attached to an aromatic ring is 1. The first-order valence-corrected chi connectivity index (χ1v) is 6.75. The molecule has 0 unspecified atom stereocenters. The summed E-state index contributed by atoms with van der Waals surface area (Å²) in [7, 11) is 1.56. The van der Waals surface area contributed by atoms with E-state index in [9.17, 15) is 4.79 Å². The first-order valence-electron chi connectivity index (χ1n) is 6.75. The van der Waals surface area contributed by atoms with Gasteiger partial charge in [0.2, 0.25) is 0 Å². The second kappa shape index (κ2) is 5.87. The number of nitrogens with two attached hydrogens (primary N) is 1. The predicted molar refractivity (Wildman–Crippen MR) is 86.0 cm³/mol. The van der Waals surface area contributed by atoms with Crippen molar-refractivity contribution in [3.8, 4) is 5.75 Å². The van der Waals surface area contributed by atoms with E-state index >= 15 is 0 Å². The van der Waals surface area contributed by atoms with Gasteiger partial charge in [-0.2, -0.15) is 0 Å². The summed E-state index contributed by atoms with van der Waals surface area (Å²) in [6.07, 6.45) is 0. The molecule has 110 valence electrons. The first kappa shape index (κ1) is 14.9. The number of aryl methyl sites for hydroxylation is 3. The highest BCUT2D eigenvalue weighted by atomic mass is 16.5. The molecule has 0 saturated heterocycles. The number of hydrogen-bond donors (Lipinski definition) is 2. The Labute approximate surface area is 124 Å². The molecule has 21 heavy (non-hydrogen) atoms. The number of carbonyl (C=O) groups excluding carboxylic acids is 1. The fourth-order valence-electron chi connectivity index (χ4n) is 2.43. The maximum Gasteiger partial charge on any atom is 0.257 e. The molecule has 2 rings (SSSR count). The van der Waals surface area contributed by atoms with Gasteiger partial charge in [0, 0.05) is 17.4 Å². The van der Waals surface area contributed by atoms with Crippen molar-refractivity contribution >= 4 is 17.3 Å². The van der Waals surface area contributed by atoms with Crippen LogP contribution in [0.4, 0.5) is 11.4 Å². The van der Waals surface area contributed by atoms with Gasteiger partial charge in [0.15, 0.2) is 0 Å². The molecule has 0 aliphatic rings. The van der Waals surface area contributed by atoms with Crippen LogP contribution < -0.4 is 15.8 Å². The monoisotopic (exact) mass is 284 g/mol. The van der Waals surface area contributed by atoms with E-state index in [4.69, 9.17) is 10.5 Å². The standard InChI is InChI=1S/C17H20N2O2/c1-10-7-11(2)16(12(3)8-10)19-17(20)14-6-5-13(21-4)9-15(14)18/h5-9H,18H2,1-4H3,(H,19,20). The number of hydrogen-bond acceptors (Lipinski definition) is 3. The maximum absolute atomic E-state index is 12.4. The zero-order chi connectivity index (χ0) is 15.6. The molecule has 1 amide bonds. The molecular formula is C17H20N2O2. The van der Waals surface area contributed by atoms with Gasteiger partial charge in [0.1, 0.15) is 5.75 Å². The van der Waals surface area contributed by atoms with Crippen molar-refractivity contribution in [3.63, 3.8) is 0 Å². The Bertz CT molecular complexity index is 670. The molecule has 3 N–H and O–H groups in total. The Kier molecular flexibility index (Phi) is 4.17. The lowest BCUT2D eigenvalue weighted by Gasteiger charge is -2.14. The van der Waals surface area contributed by atoms with E-state index < -0.39 is 0 Å². The van der Waals surface area contributed by atoms with Crippen LogP contribution in [0.1, 0.15) is 27.0 Å². The number of rotatable bonds is 3. The van der Waals surface area contributed by atoms with Gasteiger partial charge in [-0.25, -0.2) is 0 Å². The van der Waals surface area contributed by atoms with Crippen LogP contribution in [-0.2, 0) is 0 Å². The van der Waals surface area contributed by atoms with Crippen LogP contribution in [0.3, 0.4) is 0 Å². The fourth-order valence-corrected chi connectivity index (χ4v) is 2.43. The normalized spacial score (nSPS) is 10.3. The Morgan fingerprint density at radius 2 is 1.71 bits per heavy atom. The third-order valence-electron chi connectivity index (χ3n) is 3.42. The highest BCUT2D eigenvalue weighted by Gasteiger charge is 2.13. The van der Waals surface area contributed by atoms with Gasteiger partial charge in [0.05, 0.1) is 12.7 Å². The molecule has 0 radical (unpaired) electrons. The molecule has 0 heterocycles. The van der Waals surface area contributed by atoms with Crippen molar-refractivity contribution in [3.05, 3.63) is 52.6 Å². The van der Waals surface area contributed by atoms with Gasteiger partial charge in [-0.3, -0.25) is 4.79 Å². The molecule has 0 atom stereocenters. The molecule has 2 aromatic carbocycles. The van der Waals surface area contributed by atoms with Crippen LogP contribution in [0.5, 0.6) is 5.75 Å². The molecule has 0 spiro atoms. The van der Waals surface area contributed by atoms with Crippen LogP contribution in [0.15, 0.2) is 30.3 Å². The quantitative estimate of drug-likeness (QED) is 0.848. The third-order valence-corrected chi connectivity index (χ3v) is 3.42. The first-order chi connectivity index (χ1) is 9.92. The smallest absolute Gasteiger partial charge is 0.257 e. The third kappa shape index (κ3) is 3.16. The lowest BCUT2D eigenvalue weighted by atomic mass is 10.0. The summed E-state index contributed by atoms with van der Waals surface area (Å²) in [5.41, 5.74) is 10.8. The summed E-state index contributed by atoms with van der Waals surface area (Å²) >= 11 is 0. The molecule has 4 nitrogen and oxygen atoms in total. The number of amides is 1. The van der Waals surface area contributed by atoms with Gasteiger partial charge in [-0.05, 0) is 44.0 Å². The second-order valence-electron chi connectivity index (χ2n) is 5.18. The Morgan fingerprint density at radius 3 is 2.24 bits per heavy atom. The highest BCUT2D eigenvalue weighted by molar-refractivity contribution is 6.08. The minimum atomic E-state index is -0.217. The molecule has 0 saturated carbocycles. The molecule has 0 aliphatic heterocycles. The minimum absolute atomic E-state index is 0.217. The van der Waals surface area contributed by atoms with Gasteiger partial charge in [-0.15, -0.1) is 0 Å².